The summed E-state index contributed by atoms with van der Waals surface area (Å²) < 4.78 is 13.9. The third-order valence-corrected chi connectivity index (χ3v) is 4.03. The Labute approximate surface area is 95.3 Å². The van der Waals surface area contributed by atoms with Crippen LogP contribution in [-0.2, 0) is 4.79 Å². The molecule has 90 valence electrons. The number of nitrogens with one attached hydrogen (secondary N) is 1. The molecular formula is C12H19FN2O. The summed E-state index contributed by atoms with van der Waals surface area (Å²) in [6.45, 7) is 0.641. The van der Waals surface area contributed by atoms with E-state index in [-0.39, 0.29) is 5.54 Å². The van der Waals surface area contributed by atoms with Crippen LogP contribution in [0.25, 0.3) is 0 Å². The number of amides is 1. The Bertz CT molecular complexity index is 290. The van der Waals surface area contributed by atoms with Gasteiger partial charge in [-0.05, 0) is 44.6 Å². The summed E-state index contributed by atoms with van der Waals surface area (Å²) in [5.74, 6) is -0.422. The van der Waals surface area contributed by atoms with E-state index in [1.54, 1.807) is 6.08 Å². The number of nitrogens with two attached hydrogens (primary N) is 1. The maximum absolute atomic E-state index is 13.9. The Morgan fingerprint density at radius 3 is 2.31 bits per heavy atom. The van der Waals surface area contributed by atoms with Crippen LogP contribution >= 0.6 is 0 Å². The number of fused-ring (bicyclic) bond motifs is 3. The van der Waals surface area contributed by atoms with E-state index in [0.29, 0.717) is 25.8 Å². The summed E-state index contributed by atoms with van der Waals surface area (Å²) >= 11 is 0. The van der Waals surface area contributed by atoms with Crippen LogP contribution in [-0.4, -0.2) is 23.7 Å². The molecule has 0 radical (unpaired) electrons. The number of carbonyl (C=O) groups excluding carboxylic acids is 1. The first-order valence-corrected chi connectivity index (χ1v) is 5.94. The van der Waals surface area contributed by atoms with Gasteiger partial charge < -0.3 is 11.1 Å². The molecular weight excluding hydrogens is 207 g/mol. The van der Waals surface area contributed by atoms with E-state index in [0.717, 1.165) is 19.3 Å². The third-order valence-electron chi connectivity index (χ3n) is 4.03. The van der Waals surface area contributed by atoms with Crippen molar-refractivity contribution in [3.63, 3.8) is 0 Å². The molecule has 0 heterocycles. The van der Waals surface area contributed by atoms with E-state index in [9.17, 15) is 9.18 Å². The number of rotatable bonds is 4. The summed E-state index contributed by atoms with van der Waals surface area (Å²) in [6.07, 6.45) is 7.88. The highest BCUT2D eigenvalue weighted by atomic mass is 19.1. The van der Waals surface area contributed by atoms with E-state index in [2.05, 4.69) is 5.32 Å². The molecule has 16 heavy (non-hydrogen) atoms. The minimum atomic E-state index is -0.882. The molecule has 0 aromatic heterocycles. The highest BCUT2D eigenvalue weighted by Gasteiger charge is 2.48. The van der Waals surface area contributed by atoms with Gasteiger partial charge in [0.05, 0.1) is 0 Å². The number of hydrogen-bond donors (Lipinski definition) is 2. The molecule has 4 heteroatoms. The van der Waals surface area contributed by atoms with Crippen molar-refractivity contribution in [1.29, 1.82) is 0 Å². The van der Waals surface area contributed by atoms with Gasteiger partial charge in [0.1, 0.15) is 5.67 Å². The minimum Gasteiger partial charge on any atom is -0.366 e. The van der Waals surface area contributed by atoms with Crippen molar-refractivity contribution in [3.05, 3.63) is 12.2 Å². The van der Waals surface area contributed by atoms with Crippen LogP contribution in [0.2, 0.25) is 0 Å². The number of carbonyl (C=O) groups is 1. The highest BCUT2D eigenvalue weighted by Crippen LogP contribution is 2.48. The van der Waals surface area contributed by atoms with Crippen LogP contribution in [0.4, 0.5) is 4.39 Å². The molecule has 0 atom stereocenters. The van der Waals surface area contributed by atoms with Gasteiger partial charge in [-0.25, -0.2) is 4.39 Å². The van der Waals surface area contributed by atoms with E-state index >= 15 is 0 Å². The van der Waals surface area contributed by atoms with Gasteiger partial charge in [-0.3, -0.25) is 4.79 Å². The van der Waals surface area contributed by atoms with Crippen molar-refractivity contribution in [2.75, 3.05) is 6.54 Å². The minimum absolute atomic E-state index is 0.107. The van der Waals surface area contributed by atoms with Crippen LogP contribution in [0.5, 0.6) is 0 Å². The lowest BCUT2D eigenvalue weighted by atomic mass is 9.64. The van der Waals surface area contributed by atoms with Gasteiger partial charge in [-0.1, -0.05) is 6.08 Å². The predicted octanol–water partition coefficient (Wildman–Crippen LogP) is 1.43. The first-order chi connectivity index (χ1) is 7.54. The number of primary amides is 1. The molecule has 2 bridgehead atoms. The van der Waals surface area contributed by atoms with Crippen molar-refractivity contribution in [3.8, 4) is 0 Å². The quantitative estimate of drug-likeness (QED) is 0.712. The lowest BCUT2D eigenvalue weighted by Crippen LogP contribution is -2.55. The van der Waals surface area contributed by atoms with E-state index in [4.69, 9.17) is 5.73 Å². The van der Waals surface area contributed by atoms with Gasteiger partial charge in [0.15, 0.2) is 0 Å². The number of alkyl halides is 1. The molecule has 3 rings (SSSR count). The van der Waals surface area contributed by atoms with Gasteiger partial charge in [0.2, 0.25) is 5.91 Å². The molecule has 3 N–H and O–H groups in total. The Balaban J connectivity index is 1.84. The van der Waals surface area contributed by atoms with Crippen LogP contribution in [0.3, 0.4) is 0 Å². The average Bonchev–Trinajstić information content (AvgIpc) is 2.27. The fourth-order valence-corrected chi connectivity index (χ4v) is 2.86. The normalized spacial score (nSPS) is 38.1. The fourth-order valence-electron chi connectivity index (χ4n) is 2.86. The smallest absolute Gasteiger partial charge is 0.241 e. The first-order valence-electron chi connectivity index (χ1n) is 5.94. The van der Waals surface area contributed by atoms with Crippen molar-refractivity contribution >= 4 is 5.91 Å². The molecule has 0 aromatic carbocycles. The van der Waals surface area contributed by atoms with Gasteiger partial charge in [-0.15, -0.1) is 0 Å². The molecule has 3 aliphatic rings. The van der Waals surface area contributed by atoms with Gasteiger partial charge in [-0.2, -0.15) is 0 Å². The largest absolute Gasteiger partial charge is 0.366 e. The van der Waals surface area contributed by atoms with Crippen molar-refractivity contribution in [1.82, 2.24) is 5.32 Å². The molecule has 1 amide bonds. The van der Waals surface area contributed by atoms with Crippen LogP contribution < -0.4 is 11.1 Å². The second kappa shape index (κ2) is 4.17. The van der Waals surface area contributed by atoms with Crippen LogP contribution in [0.15, 0.2) is 12.2 Å². The number of hydrogen-bond acceptors (Lipinski definition) is 2. The summed E-state index contributed by atoms with van der Waals surface area (Å²) in [5.41, 5.74) is 4.22. The lowest BCUT2D eigenvalue weighted by Gasteiger charge is -2.50. The van der Waals surface area contributed by atoms with Crippen LogP contribution in [0.1, 0.15) is 38.5 Å². The zero-order valence-corrected chi connectivity index (χ0v) is 9.47. The molecule has 0 aliphatic heterocycles. The SMILES string of the molecule is NC(=O)C=CCNC12CCC(F)(CC1)CC2. The monoisotopic (exact) mass is 226 g/mol. The second-order valence-corrected chi connectivity index (χ2v) is 5.12. The van der Waals surface area contributed by atoms with E-state index in [1.165, 1.54) is 6.08 Å². The predicted molar refractivity (Wildman–Crippen MR) is 60.6 cm³/mol. The summed E-state index contributed by atoms with van der Waals surface area (Å²) in [6, 6.07) is 0. The zero-order valence-electron chi connectivity index (χ0n) is 9.47. The number of halogens is 1. The zero-order chi connectivity index (χ0) is 11.6. The highest BCUT2D eigenvalue weighted by molar-refractivity contribution is 5.85. The van der Waals surface area contributed by atoms with Crippen molar-refractivity contribution < 1.29 is 9.18 Å². The third kappa shape index (κ3) is 2.43. The second-order valence-electron chi connectivity index (χ2n) is 5.12. The molecule has 0 aromatic rings. The fraction of sp³-hybridized carbons (Fsp3) is 0.750. The average molecular weight is 226 g/mol. The van der Waals surface area contributed by atoms with Gasteiger partial charge in [0.25, 0.3) is 0 Å². The molecule has 0 unspecified atom stereocenters. The summed E-state index contributed by atoms with van der Waals surface area (Å²) in [5, 5.41) is 3.43. The summed E-state index contributed by atoms with van der Waals surface area (Å²) in [4.78, 5) is 10.5. The van der Waals surface area contributed by atoms with Crippen LogP contribution in [0, 0.1) is 0 Å². The summed E-state index contributed by atoms with van der Waals surface area (Å²) in [7, 11) is 0. The van der Waals surface area contributed by atoms with E-state index < -0.39 is 11.6 Å². The van der Waals surface area contributed by atoms with Crippen molar-refractivity contribution in [2.24, 2.45) is 5.73 Å². The Hall–Kier alpha value is -0.900. The van der Waals surface area contributed by atoms with E-state index in [1.807, 2.05) is 0 Å². The molecule has 3 saturated carbocycles. The Morgan fingerprint density at radius 2 is 1.81 bits per heavy atom. The lowest BCUT2D eigenvalue weighted by molar-refractivity contribution is -0.113. The van der Waals surface area contributed by atoms with Gasteiger partial charge >= 0.3 is 0 Å². The maximum atomic E-state index is 13.9. The molecule has 0 spiro atoms. The molecule has 0 saturated heterocycles. The molecule has 3 fully saturated rings. The molecule has 3 nitrogen and oxygen atoms in total. The Kier molecular flexibility index (Phi) is 3.02. The standard InChI is InChI=1S/C12H19FN2O/c13-11-3-6-12(7-4-11,8-5-11)15-9-1-2-10(14)16/h1-2,15H,3-9H2,(H2,14,16). The van der Waals surface area contributed by atoms with Crippen molar-refractivity contribution in [2.45, 2.75) is 49.7 Å². The topological polar surface area (TPSA) is 55.1 Å². The van der Waals surface area contributed by atoms with Gasteiger partial charge in [0, 0.05) is 12.1 Å². The Morgan fingerprint density at radius 1 is 1.25 bits per heavy atom. The maximum Gasteiger partial charge on any atom is 0.241 e. The first kappa shape index (κ1) is 11.6. The molecule has 3 aliphatic carbocycles.